The Morgan fingerprint density at radius 3 is 2.56 bits per heavy atom. The van der Waals surface area contributed by atoms with Crippen molar-refractivity contribution in [3.63, 3.8) is 0 Å². The molecule has 16 heavy (non-hydrogen) atoms. The lowest BCUT2D eigenvalue weighted by molar-refractivity contribution is 0.0911. The fraction of sp³-hybridized carbons (Fsp3) is 0.0909. The molecule has 1 N–H and O–H groups in total. The van der Waals surface area contributed by atoms with Crippen LogP contribution >= 0.6 is 11.6 Å². The molecule has 0 saturated carbocycles. The number of hydrogen-bond donors (Lipinski definition) is 1. The first-order valence-electron chi connectivity index (χ1n) is 4.43. The number of carbonyl (C=O) groups is 2. The van der Waals surface area contributed by atoms with E-state index in [2.05, 4.69) is 0 Å². The zero-order valence-electron chi connectivity index (χ0n) is 8.28. The zero-order chi connectivity index (χ0) is 11.9. The van der Waals surface area contributed by atoms with Gasteiger partial charge in [-0.25, -0.2) is 0 Å². The van der Waals surface area contributed by atoms with E-state index >= 15 is 0 Å². The highest BCUT2D eigenvalue weighted by molar-refractivity contribution is 6.50. The Morgan fingerprint density at radius 2 is 1.94 bits per heavy atom. The standard InChI is InChI=1S/C11H7ClO4/c1-16-11-8(12)10(15)7-5(9(11)14)3-2-4-6(7)13/h2-4,13H,1H3. The van der Waals surface area contributed by atoms with Gasteiger partial charge in [0.05, 0.1) is 12.7 Å². The average Bonchev–Trinajstić information content (AvgIpc) is 2.27. The highest BCUT2D eigenvalue weighted by Gasteiger charge is 2.34. The van der Waals surface area contributed by atoms with Crippen molar-refractivity contribution in [2.75, 3.05) is 7.11 Å². The summed E-state index contributed by atoms with van der Waals surface area (Å²) in [6.45, 7) is 0. The van der Waals surface area contributed by atoms with Crippen LogP contribution in [0.3, 0.4) is 0 Å². The van der Waals surface area contributed by atoms with Crippen LogP contribution in [0.15, 0.2) is 29.0 Å². The molecule has 5 heteroatoms. The molecule has 0 saturated heterocycles. The maximum Gasteiger partial charge on any atom is 0.230 e. The largest absolute Gasteiger partial charge is 0.507 e. The quantitative estimate of drug-likeness (QED) is 0.811. The first-order chi connectivity index (χ1) is 7.57. The minimum absolute atomic E-state index is 0.0710. The predicted molar refractivity (Wildman–Crippen MR) is 56.7 cm³/mol. The summed E-state index contributed by atoms with van der Waals surface area (Å²) in [5.74, 6) is -1.56. The van der Waals surface area contributed by atoms with E-state index in [-0.39, 0.29) is 27.7 Å². The van der Waals surface area contributed by atoms with Gasteiger partial charge in [-0.3, -0.25) is 9.59 Å². The lowest BCUT2D eigenvalue weighted by Crippen LogP contribution is -2.20. The van der Waals surface area contributed by atoms with Crippen molar-refractivity contribution in [3.8, 4) is 5.75 Å². The second-order valence-electron chi connectivity index (χ2n) is 3.21. The van der Waals surface area contributed by atoms with E-state index in [1.165, 1.54) is 25.3 Å². The first-order valence-corrected chi connectivity index (χ1v) is 4.81. The number of phenols is 1. The van der Waals surface area contributed by atoms with Gasteiger partial charge in [0.25, 0.3) is 0 Å². The first kappa shape index (κ1) is 10.7. The second-order valence-corrected chi connectivity index (χ2v) is 3.58. The predicted octanol–water partition coefficient (Wildman–Crippen LogP) is 1.87. The number of Topliss-reactive ketones (excluding diaryl/α,β-unsaturated/α-hetero) is 2. The molecule has 1 aromatic rings. The molecule has 0 aromatic heterocycles. The minimum Gasteiger partial charge on any atom is -0.507 e. The number of rotatable bonds is 1. The van der Waals surface area contributed by atoms with Gasteiger partial charge in [-0.1, -0.05) is 17.7 Å². The number of ether oxygens (including phenoxy) is 1. The van der Waals surface area contributed by atoms with Gasteiger partial charge in [0.1, 0.15) is 10.8 Å². The number of halogens is 1. The van der Waals surface area contributed by atoms with Gasteiger partial charge < -0.3 is 9.84 Å². The topological polar surface area (TPSA) is 63.6 Å². The fourth-order valence-corrected chi connectivity index (χ4v) is 1.84. The summed E-state index contributed by atoms with van der Waals surface area (Å²) in [7, 11) is 1.26. The Hall–Kier alpha value is -1.81. The molecular formula is C11H7ClO4. The molecule has 0 radical (unpaired) electrons. The van der Waals surface area contributed by atoms with Gasteiger partial charge in [0.2, 0.25) is 11.6 Å². The summed E-state index contributed by atoms with van der Waals surface area (Å²) in [5, 5.41) is 9.22. The van der Waals surface area contributed by atoms with Crippen LogP contribution in [-0.2, 0) is 4.74 Å². The van der Waals surface area contributed by atoms with Gasteiger partial charge >= 0.3 is 0 Å². The maximum absolute atomic E-state index is 11.8. The third kappa shape index (κ3) is 1.31. The van der Waals surface area contributed by atoms with Gasteiger partial charge in [0, 0.05) is 5.56 Å². The highest BCUT2D eigenvalue weighted by Crippen LogP contribution is 2.33. The SMILES string of the molecule is COC1=C(Cl)C(=O)c2c(O)cccc2C1=O. The van der Waals surface area contributed by atoms with E-state index in [1.807, 2.05) is 0 Å². The lowest BCUT2D eigenvalue weighted by atomic mass is 9.92. The number of benzene rings is 1. The van der Waals surface area contributed by atoms with Crippen molar-refractivity contribution in [3.05, 3.63) is 40.1 Å². The molecule has 0 aliphatic heterocycles. The van der Waals surface area contributed by atoms with E-state index in [0.717, 1.165) is 0 Å². The molecule has 1 aliphatic carbocycles. The molecule has 2 rings (SSSR count). The van der Waals surface area contributed by atoms with E-state index in [4.69, 9.17) is 16.3 Å². The van der Waals surface area contributed by atoms with Gasteiger partial charge in [-0.05, 0) is 12.1 Å². The van der Waals surface area contributed by atoms with Crippen molar-refractivity contribution in [1.82, 2.24) is 0 Å². The summed E-state index contributed by atoms with van der Waals surface area (Å²) >= 11 is 5.70. The van der Waals surface area contributed by atoms with Crippen LogP contribution in [0.2, 0.25) is 0 Å². The molecule has 0 spiro atoms. The zero-order valence-corrected chi connectivity index (χ0v) is 9.04. The van der Waals surface area contributed by atoms with E-state index in [1.54, 1.807) is 0 Å². The molecule has 0 fully saturated rings. The van der Waals surface area contributed by atoms with Gasteiger partial charge in [0.15, 0.2) is 5.76 Å². The van der Waals surface area contributed by atoms with Crippen molar-refractivity contribution in [2.24, 2.45) is 0 Å². The molecular weight excluding hydrogens is 232 g/mol. The van der Waals surface area contributed by atoms with Crippen LogP contribution in [0.4, 0.5) is 0 Å². The number of methoxy groups -OCH3 is 1. The number of carbonyl (C=O) groups excluding carboxylic acids is 2. The Morgan fingerprint density at radius 1 is 1.25 bits per heavy atom. The number of ketones is 2. The summed E-state index contributed by atoms with van der Waals surface area (Å²) in [6.07, 6.45) is 0. The van der Waals surface area contributed by atoms with Crippen LogP contribution in [0.1, 0.15) is 20.7 Å². The van der Waals surface area contributed by atoms with Gasteiger partial charge in [-0.2, -0.15) is 0 Å². The second kappa shape index (κ2) is 3.64. The molecule has 82 valence electrons. The molecule has 0 bridgehead atoms. The number of phenolic OH excluding ortho intramolecular Hbond substituents is 1. The molecule has 4 nitrogen and oxygen atoms in total. The Bertz CT molecular complexity index is 531. The van der Waals surface area contributed by atoms with E-state index < -0.39 is 11.6 Å². The smallest absolute Gasteiger partial charge is 0.230 e. The van der Waals surface area contributed by atoms with Crippen molar-refractivity contribution in [1.29, 1.82) is 0 Å². The van der Waals surface area contributed by atoms with Crippen molar-refractivity contribution in [2.45, 2.75) is 0 Å². The van der Waals surface area contributed by atoms with Gasteiger partial charge in [-0.15, -0.1) is 0 Å². The average molecular weight is 239 g/mol. The van der Waals surface area contributed by atoms with Crippen molar-refractivity contribution < 1.29 is 19.4 Å². The third-order valence-corrected chi connectivity index (χ3v) is 2.67. The Balaban J connectivity index is 2.74. The number of allylic oxidation sites excluding steroid dienone is 2. The Labute approximate surface area is 96.1 Å². The van der Waals surface area contributed by atoms with Crippen LogP contribution in [0.25, 0.3) is 0 Å². The molecule has 0 unspecified atom stereocenters. The number of fused-ring (bicyclic) bond motifs is 1. The Kier molecular flexibility index (Phi) is 2.44. The minimum atomic E-state index is -0.605. The number of aromatic hydroxyl groups is 1. The third-order valence-electron chi connectivity index (χ3n) is 2.32. The van der Waals surface area contributed by atoms with Crippen LogP contribution in [0.5, 0.6) is 5.75 Å². The highest BCUT2D eigenvalue weighted by atomic mass is 35.5. The summed E-state index contributed by atoms with van der Waals surface area (Å²) < 4.78 is 4.78. The fourth-order valence-electron chi connectivity index (χ4n) is 1.59. The van der Waals surface area contributed by atoms with E-state index in [9.17, 15) is 14.7 Å². The van der Waals surface area contributed by atoms with Crippen molar-refractivity contribution >= 4 is 23.2 Å². The summed E-state index contributed by atoms with van der Waals surface area (Å²) in [5.41, 5.74) is 0.0320. The normalized spacial score (nSPS) is 15.1. The van der Waals surface area contributed by atoms with Crippen LogP contribution < -0.4 is 0 Å². The number of hydrogen-bond acceptors (Lipinski definition) is 4. The van der Waals surface area contributed by atoms with E-state index in [0.29, 0.717) is 0 Å². The monoisotopic (exact) mass is 238 g/mol. The summed E-state index contributed by atoms with van der Waals surface area (Å²) in [4.78, 5) is 23.6. The molecule has 0 atom stereocenters. The maximum atomic E-state index is 11.8. The molecule has 1 aliphatic rings. The molecule has 1 aromatic carbocycles. The lowest BCUT2D eigenvalue weighted by Gasteiger charge is -2.16. The molecule has 0 amide bonds. The summed E-state index contributed by atoms with van der Waals surface area (Å²) in [6, 6.07) is 4.25. The van der Waals surface area contributed by atoms with Crippen LogP contribution in [0, 0.1) is 0 Å². The molecule has 0 heterocycles. The van der Waals surface area contributed by atoms with Crippen LogP contribution in [-0.4, -0.2) is 23.8 Å².